The van der Waals surface area contributed by atoms with Crippen LogP contribution in [0.1, 0.15) is 30.3 Å². The summed E-state index contributed by atoms with van der Waals surface area (Å²) in [5.74, 6) is 0. The number of thiazole rings is 1. The summed E-state index contributed by atoms with van der Waals surface area (Å²) in [5.41, 5.74) is 1.40. The fourth-order valence-corrected chi connectivity index (χ4v) is 3.41. The molecule has 1 saturated heterocycles. The van der Waals surface area contributed by atoms with Crippen molar-refractivity contribution in [3.8, 4) is 11.3 Å². The van der Waals surface area contributed by atoms with Crippen LogP contribution in [-0.2, 0) is 0 Å². The van der Waals surface area contributed by atoms with Gasteiger partial charge in [0.2, 0.25) is 0 Å². The van der Waals surface area contributed by atoms with Gasteiger partial charge in [0.25, 0.3) is 5.69 Å². The first-order valence-corrected chi connectivity index (χ1v) is 7.56. The van der Waals surface area contributed by atoms with Crippen LogP contribution >= 0.6 is 11.3 Å². The van der Waals surface area contributed by atoms with Gasteiger partial charge in [0, 0.05) is 11.4 Å². The third-order valence-electron chi connectivity index (χ3n) is 3.51. The second-order valence-corrected chi connectivity index (χ2v) is 5.74. The van der Waals surface area contributed by atoms with Gasteiger partial charge in [-0.15, -0.1) is 11.3 Å². The van der Waals surface area contributed by atoms with Gasteiger partial charge in [-0.1, -0.05) is 18.6 Å². The maximum Gasteiger partial charge on any atom is 0.278 e. The number of piperidine rings is 1. The number of hydrogen-bond acceptors (Lipinski definition) is 5. The van der Waals surface area contributed by atoms with E-state index in [2.05, 4.69) is 10.3 Å². The number of para-hydroxylation sites is 1. The number of aromatic nitrogens is 1. The fourth-order valence-electron chi connectivity index (χ4n) is 2.48. The lowest BCUT2D eigenvalue weighted by Gasteiger charge is -2.21. The van der Waals surface area contributed by atoms with E-state index in [9.17, 15) is 10.1 Å². The Labute approximate surface area is 120 Å². The lowest BCUT2D eigenvalue weighted by Crippen LogP contribution is -2.26. The van der Waals surface area contributed by atoms with Crippen molar-refractivity contribution in [1.82, 2.24) is 10.3 Å². The Kier molecular flexibility index (Phi) is 3.75. The van der Waals surface area contributed by atoms with Gasteiger partial charge in [-0.05, 0) is 25.5 Å². The van der Waals surface area contributed by atoms with Gasteiger partial charge in [-0.2, -0.15) is 0 Å². The molecule has 5 nitrogen and oxygen atoms in total. The van der Waals surface area contributed by atoms with Gasteiger partial charge in [-0.3, -0.25) is 10.1 Å². The van der Waals surface area contributed by atoms with Crippen LogP contribution in [0.4, 0.5) is 5.69 Å². The summed E-state index contributed by atoms with van der Waals surface area (Å²) in [5, 5.41) is 17.5. The molecule has 3 rings (SSSR count). The number of hydrogen-bond donors (Lipinski definition) is 1. The molecule has 20 heavy (non-hydrogen) atoms. The van der Waals surface area contributed by atoms with Crippen LogP contribution < -0.4 is 5.32 Å². The van der Waals surface area contributed by atoms with E-state index in [1.54, 1.807) is 29.5 Å². The van der Waals surface area contributed by atoms with E-state index < -0.39 is 0 Å². The molecule has 1 aromatic carbocycles. The first-order valence-electron chi connectivity index (χ1n) is 6.68. The Bertz CT molecular complexity index is 620. The third-order valence-corrected chi connectivity index (χ3v) is 4.47. The molecule has 0 bridgehead atoms. The molecule has 1 aromatic heterocycles. The monoisotopic (exact) mass is 289 g/mol. The highest BCUT2D eigenvalue weighted by Crippen LogP contribution is 2.33. The minimum Gasteiger partial charge on any atom is -0.308 e. The highest BCUT2D eigenvalue weighted by Gasteiger charge is 2.21. The summed E-state index contributed by atoms with van der Waals surface area (Å²) in [7, 11) is 0. The van der Waals surface area contributed by atoms with Crippen LogP contribution in [0, 0.1) is 10.1 Å². The van der Waals surface area contributed by atoms with Crippen molar-refractivity contribution < 1.29 is 4.92 Å². The molecule has 0 aliphatic carbocycles. The van der Waals surface area contributed by atoms with Crippen molar-refractivity contribution in [2.75, 3.05) is 6.54 Å². The fraction of sp³-hybridized carbons (Fsp3) is 0.357. The highest BCUT2D eigenvalue weighted by molar-refractivity contribution is 7.10. The minimum atomic E-state index is -0.354. The van der Waals surface area contributed by atoms with Crippen LogP contribution in [0.2, 0.25) is 0 Å². The Morgan fingerprint density at radius 1 is 1.35 bits per heavy atom. The predicted molar refractivity (Wildman–Crippen MR) is 78.8 cm³/mol. The van der Waals surface area contributed by atoms with E-state index in [0.29, 0.717) is 17.3 Å². The largest absolute Gasteiger partial charge is 0.308 e. The maximum atomic E-state index is 11.1. The van der Waals surface area contributed by atoms with E-state index >= 15 is 0 Å². The minimum absolute atomic E-state index is 0.112. The summed E-state index contributed by atoms with van der Waals surface area (Å²) in [6.07, 6.45) is 3.50. The molecule has 1 unspecified atom stereocenters. The Morgan fingerprint density at radius 3 is 2.95 bits per heavy atom. The number of nitrogens with one attached hydrogen (secondary N) is 1. The van der Waals surface area contributed by atoms with E-state index in [-0.39, 0.29) is 10.6 Å². The average molecular weight is 289 g/mol. The van der Waals surface area contributed by atoms with E-state index in [1.165, 1.54) is 18.9 Å². The number of rotatable bonds is 3. The van der Waals surface area contributed by atoms with E-state index in [0.717, 1.165) is 18.0 Å². The molecular formula is C14H15N3O2S. The average Bonchev–Trinajstić information content (AvgIpc) is 2.98. The SMILES string of the molecule is O=[N+]([O-])c1ccccc1-c1csc(C2CCCCN2)n1. The topological polar surface area (TPSA) is 68.1 Å². The molecule has 1 aliphatic rings. The number of nitro groups is 1. The molecule has 0 saturated carbocycles. The molecular weight excluding hydrogens is 274 g/mol. The Morgan fingerprint density at radius 2 is 2.20 bits per heavy atom. The first-order chi connectivity index (χ1) is 9.75. The predicted octanol–water partition coefficient (Wildman–Crippen LogP) is 3.53. The van der Waals surface area contributed by atoms with E-state index in [1.807, 2.05) is 5.38 Å². The Balaban J connectivity index is 1.92. The molecule has 0 radical (unpaired) electrons. The first kappa shape index (κ1) is 13.2. The van der Waals surface area contributed by atoms with Crippen molar-refractivity contribution in [3.05, 3.63) is 44.8 Å². The summed E-state index contributed by atoms with van der Waals surface area (Å²) in [4.78, 5) is 15.3. The molecule has 0 spiro atoms. The lowest BCUT2D eigenvalue weighted by atomic mass is 10.1. The normalized spacial score (nSPS) is 18.9. The Hall–Kier alpha value is -1.79. The van der Waals surface area contributed by atoms with Gasteiger partial charge in [0.1, 0.15) is 5.01 Å². The highest BCUT2D eigenvalue weighted by atomic mass is 32.1. The molecule has 0 amide bonds. The zero-order valence-corrected chi connectivity index (χ0v) is 11.7. The van der Waals surface area contributed by atoms with Crippen molar-refractivity contribution >= 4 is 17.0 Å². The summed E-state index contributed by atoms with van der Waals surface area (Å²) in [6.45, 7) is 1.02. The van der Waals surface area contributed by atoms with Crippen molar-refractivity contribution in [1.29, 1.82) is 0 Å². The van der Waals surface area contributed by atoms with Crippen LogP contribution in [-0.4, -0.2) is 16.5 Å². The number of nitro benzene ring substituents is 1. The van der Waals surface area contributed by atoms with Gasteiger partial charge in [0.05, 0.1) is 22.2 Å². The summed E-state index contributed by atoms with van der Waals surface area (Å²) < 4.78 is 0. The lowest BCUT2D eigenvalue weighted by molar-refractivity contribution is -0.384. The second-order valence-electron chi connectivity index (χ2n) is 4.85. The van der Waals surface area contributed by atoms with Crippen LogP contribution in [0.15, 0.2) is 29.6 Å². The zero-order chi connectivity index (χ0) is 13.9. The van der Waals surface area contributed by atoms with Crippen LogP contribution in [0.25, 0.3) is 11.3 Å². The van der Waals surface area contributed by atoms with Gasteiger partial charge in [0.15, 0.2) is 0 Å². The van der Waals surface area contributed by atoms with Gasteiger partial charge < -0.3 is 5.32 Å². The van der Waals surface area contributed by atoms with Gasteiger partial charge in [-0.25, -0.2) is 4.98 Å². The smallest absolute Gasteiger partial charge is 0.278 e. The van der Waals surface area contributed by atoms with Crippen LogP contribution in [0.5, 0.6) is 0 Å². The van der Waals surface area contributed by atoms with Crippen molar-refractivity contribution in [2.24, 2.45) is 0 Å². The zero-order valence-electron chi connectivity index (χ0n) is 10.9. The summed E-state index contributed by atoms with van der Waals surface area (Å²) in [6, 6.07) is 7.06. The number of benzene rings is 1. The molecule has 1 N–H and O–H groups in total. The van der Waals surface area contributed by atoms with Crippen LogP contribution in [0.3, 0.4) is 0 Å². The second kappa shape index (κ2) is 5.68. The maximum absolute atomic E-state index is 11.1. The molecule has 6 heteroatoms. The third kappa shape index (κ3) is 2.57. The van der Waals surface area contributed by atoms with Crippen molar-refractivity contribution in [2.45, 2.75) is 25.3 Å². The molecule has 1 fully saturated rings. The molecule has 1 aliphatic heterocycles. The van der Waals surface area contributed by atoms with E-state index in [4.69, 9.17) is 0 Å². The van der Waals surface area contributed by atoms with Crippen molar-refractivity contribution in [3.63, 3.8) is 0 Å². The standard InChI is InChI=1S/C14H15N3O2S/c18-17(19)13-7-2-1-5-10(13)12-9-20-14(16-12)11-6-3-4-8-15-11/h1-2,5,7,9,11,15H,3-4,6,8H2. The summed E-state index contributed by atoms with van der Waals surface area (Å²) >= 11 is 1.58. The molecule has 104 valence electrons. The molecule has 1 atom stereocenters. The number of nitrogens with zero attached hydrogens (tertiary/aromatic N) is 2. The van der Waals surface area contributed by atoms with Gasteiger partial charge >= 0.3 is 0 Å². The molecule has 2 aromatic rings. The quantitative estimate of drug-likeness (QED) is 0.693. The molecule has 2 heterocycles.